The molecule has 0 saturated carbocycles. The Bertz CT molecular complexity index is 1230. The predicted molar refractivity (Wildman–Crippen MR) is 117 cm³/mol. The molecule has 5 rings (SSSR count). The molecule has 0 bridgehead atoms. The van der Waals surface area contributed by atoms with Crippen molar-refractivity contribution in [2.45, 2.75) is 43.5 Å². The number of para-hydroxylation sites is 1. The number of aromatic nitrogens is 3. The third-order valence-electron chi connectivity index (χ3n) is 6.14. The molecule has 2 aliphatic rings. The van der Waals surface area contributed by atoms with Crippen molar-refractivity contribution in [3.05, 3.63) is 48.0 Å². The average molecular weight is 440 g/mol. The van der Waals surface area contributed by atoms with Gasteiger partial charge in [-0.15, -0.1) is 5.10 Å². The summed E-state index contributed by atoms with van der Waals surface area (Å²) in [5.41, 5.74) is 3.46. The van der Waals surface area contributed by atoms with Gasteiger partial charge in [-0.05, 0) is 55.5 Å². The number of hydrogen-bond acceptors (Lipinski definition) is 5. The van der Waals surface area contributed by atoms with Gasteiger partial charge in [0.1, 0.15) is 5.52 Å². The number of sulfonamides is 1. The zero-order valence-corrected chi connectivity index (χ0v) is 18.1. The van der Waals surface area contributed by atoms with E-state index in [1.807, 2.05) is 23.1 Å². The van der Waals surface area contributed by atoms with Crippen LogP contribution in [0.2, 0.25) is 0 Å². The van der Waals surface area contributed by atoms with Gasteiger partial charge in [-0.2, -0.15) is 4.31 Å². The van der Waals surface area contributed by atoms with E-state index in [0.717, 1.165) is 43.4 Å². The summed E-state index contributed by atoms with van der Waals surface area (Å²) in [6, 6.07) is 13.0. The Balaban J connectivity index is 1.32. The normalized spacial score (nSPS) is 17.2. The van der Waals surface area contributed by atoms with Gasteiger partial charge in [-0.1, -0.05) is 23.4 Å². The van der Waals surface area contributed by atoms with E-state index in [2.05, 4.69) is 16.4 Å². The number of anilines is 1. The average Bonchev–Trinajstić information content (AvgIpc) is 3.47. The van der Waals surface area contributed by atoms with E-state index in [1.54, 1.807) is 22.9 Å². The molecule has 8 nitrogen and oxygen atoms in total. The number of amides is 1. The molecule has 162 valence electrons. The summed E-state index contributed by atoms with van der Waals surface area (Å²) in [7, 11) is -3.49. The van der Waals surface area contributed by atoms with Crippen LogP contribution in [0.5, 0.6) is 0 Å². The Morgan fingerprint density at radius 3 is 2.65 bits per heavy atom. The SMILES string of the molecule is O=C(CCn1nnc2cc(S(=O)(=O)N3CCCC3)ccc21)N1CCCc2ccccc21. The third kappa shape index (κ3) is 3.72. The molecule has 0 atom stereocenters. The van der Waals surface area contributed by atoms with Crippen molar-refractivity contribution >= 4 is 32.7 Å². The summed E-state index contributed by atoms with van der Waals surface area (Å²) in [5, 5.41) is 8.32. The van der Waals surface area contributed by atoms with Crippen molar-refractivity contribution in [2.24, 2.45) is 0 Å². The zero-order chi connectivity index (χ0) is 21.4. The standard InChI is InChI=1S/C22H25N5O3S/c28-22(26-14-5-7-17-6-1-2-8-20(17)26)11-15-27-21-10-9-18(16-19(21)23-24-27)31(29,30)25-12-3-4-13-25/h1-2,6,8-10,16H,3-5,7,11-15H2. The van der Waals surface area contributed by atoms with Gasteiger partial charge in [-0.25, -0.2) is 13.1 Å². The van der Waals surface area contributed by atoms with Crippen molar-refractivity contribution in [2.75, 3.05) is 24.5 Å². The van der Waals surface area contributed by atoms with E-state index in [4.69, 9.17) is 0 Å². The van der Waals surface area contributed by atoms with E-state index >= 15 is 0 Å². The van der Waals surface area contributed by atoms with Crippen LogP contribution in [0.4, 0.5) is 5.69 Å². The third-order valence-corrected chi connectivity index (χ3v) is 8.03. The first-order chi connectivity index (χ1) is 15.0. The first-order valence-electron chi connectivity index (χ1n) is 10.8. The highest BCUT2D eigenvalue weighted by atomic mass is 32.2. The number of rotatable bonds is 5. The topological polar surface area (TPSA) is 88.4 Å². The number of carbonyl (C=O) groups excluding carboxylic acids is 1. The van der Waals surface area contributed by atoms with Crippen LogP contribution < -0.4 is 4.90 Å². The van der Waals surface area contributed by atoms with Gasteiger partial charge in [0.2, 0.25) is 15.9 Å². The fraction of sp³-hybridized carbons (Fsp3) is 0.409. The van der Waals surface area contributed by atoms with Gasteiger partial charge in [0.15, 0.2) is 0 Å². The maximum atomic E-state index is 12.9. The second kappa shape index (κ2) is 8.05. The van der Waals surface area contributed by atoms with Crippen LogP contribution >= 0.6 is 0 Å². The number of nitrogens with zero attached hydrogens (tertiary/aromatic N) is 5. The van der Waals surface area contributed by atoms with Gasteiger partial charge in [0.25, 0.3) is 0 Å². The lowest BCUT2D eigenvalue weighted by Gasteiger charge is -2.29. The van der Waals surface area contributed by atoms with Crippen molar-refractivity contribution in [1.82, 2.24) is 19.3 Å². The molecule has 2 aromatic carbocycles. The van der Waals surface area contributed by atoms with E-state index in [9.17, 15) is 13.2 Å². The molecule has 1 saturated heterocycles. The van der Waals surface area contributed by atoms with Gasteiger partial charge < -0.3 is 4.90 Å². The molecule has 9 heteroatoms. The van der Waals surface area contributed by atoms with Crippen LogP contribution in [0.3, 0.4) is 0 Å². The Kier molecular flexibility index (Phi) is 5.23. The monoisotopic (exact) mass is 439 g/mol. The zero-order valence-electron chi connectivity index (χ0n) is 17.3. The molecule has 1 fully saturated rings. The second-order valence-corrected chi connectivity index (χ2v) is 10.0. The van der Waals surface area contributed by atoms with Crippen molar-refractivity contribution < 1.29 is 13.2 Å². The molecule has 2 aliphatic heterocycles. The van der Waals surface area contributed by atoms with Crippen LogP contribution in [0, 0.1) is 0 Å². The fourth-order valence-corrected chi connectivity index (χ4v) is 6.02. The summed E-state index contributed by atoms with van der Waals surface area (Å²) in [6.45, 7) is 2.25. The van der Waals surface area contributed by atoms with E-state index < -0.39 is 10.0 Å². The molecule has 31 heavy (non-hydrogen) atoms. The molecule has 0 unspecified atom stereocenters. The minimum atomic E-state index is -3.49. The van der Waals surface area contributed by atoms with Gasteiger partial charge in [-0.3, -0.25) is 4.79 Å². The van der Waals surface area contributed by atoms with Crippen LogP contribution in [0.15, 0.2) is 47.4 Å². The quantitative estimate of drug-likeness (QED) is 0.610. The molecule has 3 aromatic rings. The summed E-state index contributed by atoms with van der Waals surface area (Å²) < 4.78 is 28.8. The minimum Gasteiger partial charge on any atom is -0.312 e. The number of fused-ring (bicyclic) bond motifs is 2. The fourth-order valence-electron chi connectivity index (χ4n) is 4.48. The summed E-state index contributed by atoms with van der Waals surface area (Å²) in [5.74, 6) is 0.0593. The number of benzene rings is 2. The largest absolute Gasteiger partial charge is 0.312 e. The van der Waals surface area contributed by atoms with E-state index in [-0.39, 0.29) is 10.8 Å². The first-order valence-corrected chi connectivity index (χ1v) is 12.2. The minimum absolute atomic E-state index is 0.0593. The first kappa shape index (κ1) is 20.1. The molecule has 1 aromatic heterocycles. The molecular formula is C22H25N5O3S. The Morgan fingerprint density at radius 2 is 1.81 bits per heavy atom. The Morgan fingerprint density at radius 1 is 1.00 bits per heavy atom. The Labute approximate surface area is 181 Å². The predicted octanol–water partition coefficient (Wildman–Crippen LogP) is 2.59. The van der Waals surface area contributed by atoms with Crippen LogP contribution in [0.1, 0.15) is 31.2 Å². The summed E-state index contributed by atoms with van der Waals surface area (Å²) >= 11 is 0. The van der Waals surface area contributed by atoms with Gasteiger partial charge >= 0.3 is 0 Å². The maximum absolute atomic E-state index is 12.9. The van der Waals surface area contributed by atoms with Gasteiger partial charge in [0, 0.05) is 31.7 Å². The van der Waals surface area contributed by atoms with Crippen LogP contribution in [-0.2, 0) is 27.8 Å². The molecule has 1 amide bonds. The lowest BCUT2D eigenvalue weighted by Crippen LogP contribution is -2.35. The number of aryl methyl sites for hydroxylation is 2. The van der Waals surface area contributed by atoms with Gasteiger partial charge in [0.05, 0.1) is 17.0 Å². The van der Waals surface area contributed by atoms with E-state index in [1.165, 1.54) is 9.87 Å². The van der Waals surface area contributed by atoms with Crippen LogP contribution in [-0.4, -0.2) is 53.3 Å². The molecular weight excluding hydrogens is 414 g/mol. The molecule has 0 spiro atoms. The Hall–Kier alpha value is -2.78. The highest BCUT2D eigenvalue weighted by molar-refractivity contribution is 7.89. The second-order valence-electron chi connectivity index (χ2n) is 8.10. The maximum Gasteiger partial charge on any atom is 0.243 e. The molecule has 0 aliphatic carbocycles. The molecule has 0 radical (unpaired) electrons. The lowest BCUT2D eigenvalue weighted by molar-refractivity contribution is -0.118. The smallest absolute Gasteiger partial charge is 0.243 e. The lowest BCUT2D eigenvalue weighted by atomic mass is 10.0. The molecule has 0 N–H and O–H groups in total. The van der Waals surface area contributed by atoms with Crippen molar-refractivity contribution in [3.8, 4) is 0 Å². The highest BCUT2D eigenvalue weighted by Crippen LogP contribution is 2.28. The summed E-state index contributed by atoms with van der Waals surface area (Å²) in [6.07, 6.45) is 4.06. The van der Waals surface area contributed by atoms with E-state index in [0.29, 0.717) is 31.6 Å². The summed E-state index contributed by atoms with van der Waals surface area (Å²) in [4.78, 5) is 15.0. The number of carbonyl (C=O) groups is 1. The number of hydrogen-bond donors (Lipinski definition) is 0. The highest BCUT2D eigenvalue weighted by Gasteiger charge is 2.28. The van der Waals surface area contributed by atoms with Crippen molar-refractivity contribution in [3.63, 3.8) is 0 Å². The van der Waals surface area contributed by atoms with Crippen molar-refractivity contribution in [1.29, 1.82) is 0 Å². The van der Waals surface area contributed by atoms with Crippen LogP contribution in [0.25, 0.3) is 11.0 Å². The molecule has 3 heterocycles.